The molecule has 0 saturated heterocycles. The Balaban J connectivity index is 0.000000720. The van der Waals surface area contributed by atoms with E-state index in [1.807, 2.05) is 24.3 Å². The molecule has 0 unspecified atom stereocenters. The summed E-state index contributed by atoms with van der Waals surface area (Å²) in [5.74, 6) is 0.462. The Morgan fingerprint density at radius 1 is 1.00 bits per heavy atom. The van der Waals surface area contributed by atoms with Crippen molar-refractivity contribution in [1.29, 1.82) is 0 Å². The summed E-state index contributed by atoms with van der Waals surface area (Å²) in [6.45, 7) is 0. The lowest BCUT2D eigenvalue weighted by Crippen LogP contribution is -1.91. The predicted octanol–water partition coefficient (Wildman–Crippen LogP) is 2.06. The summed E-state index contributed by atoms with van der Waals surface area (Å²) >= 11 is 0. The maximum atomic E-state index is 5.45. The van der Waals surface area contributed by atoms with Gasteiger partial charge in [-0.05, 0) is 12.1 Å². The molecule has 0 fully saturated rings. The van der Waals surface area contributed by atoms with E-state index in [0.717, 1.165) is 11.0 Å². The molecule has 0 aliphatic carbocycles. The van der Waals surface area contributed by atoms with Crippen molar-refractivity contribution in [3.63, 3.8) is 0 Å². The zero-order chi connectivity index (χ0) is 7.68. The summed E-state index contributed by atoms with van der Waals surface area (Å²) in [4.78, 5) is 8.18. The van der Waals surface area contributed by atoms with E-state index in [1.165, 1.54) is 0 Å². The Morgan fingerprint density at radius 3 is 2.31 bits per heavy atom. The summed E-state index contributed by atoms with van der Waals surface area (Å²) in [6, 6.07) is 7.63. The minimum Gasteiger partial charge on any atom is -0.382 e. The van der Waals surface area contributed by atoms with Crippen molar-refractivity contribution < 1.29 is 0 Å². The van der Waals surface area contributed by atoms with E-state index in [2.05, 4.69) is 9.97 Å². The van der Waals surface area contributed by atoms with E-state index in [1.54, 1.807) is 6.20 Å². The van der Waals surface area contributed by atoms with Crippen LogP contribution in [0.2, 0.25) is 0 Å². The molecular weight excluding hydrogens is 209 g/mol. The second-order valence-electron chi connectivity index (χ2n) is 2.28. The molecule has 0 aliphatic rings. The summed E-state index contributed by atoms with van der Waals surface area (Å²) in [6.07, 6.45) is 1.56. The number of rotatable bonds is 0. The van der Waals surface area contributed by atoms with Crippen molar-refractivity contribution in [3.05, 3.63) is 30.5 Å². The molecular formula is C8H9Cl2N3. The normalized spacial score (nSPS) is 8.62. The lowest BCUT2D eigenvalue weighted by atomic mass is 10.3. The van der Waals surface area contributed by atoms with Gasteiger partial charge in [-0.2, -0.15) is 0 Å². The molecule has 0 bridgehead atoms. The predicted molar refractivity (Wildman–Crippen MR) is 58.4 cm³/mol. The van der Waals surface area contributed by atoms with Crippen LogP contribution in [0.15, 0.2) is 30.5 Å². The average Bonchev–Trinajstić information content (AvgIpc) is 2.04. The van der Waals surface area contributed by atoms with Crippen LogP contribution < -0.4 is 5.73 Å². The first-order valence-corrected chi connectivity index (χ1v) is 3.33. The topological polar surface area (TPSA) is 51.8 Å². The minimum absolute atomic E-state index is 0. The van der Waals surface area contributed by atoms with Gasteiger partial charge in [0.2, 0.25) is 0 Å². The van der Waals surface area contributed by atoms with Crippen molar-refractivity contribution in [3.8, 4) is 0 Å². The van der Waals surface area contributed by atoms with Crippen molar-refractivity contribution in [2.75, 3.05) is 5.73 Å². The largest absolute Gasteiger partial charge is 0.382 e. The molecule has 13 heavy (non-hydrogen) atoms. The van der Waals surface area contributed by atoms with Crippen molar-refractivity contribution in [2.45, 2.75) is 0 Å². The van der Waals surface area contributed by atoms with Crippen LogP contribution in [-0.2, 0) is 0 Å². The standard InChI is InChI=1S/C8H7N3.2ClH/c9-8-5-10-6-3-1-2-4-7(6)11-8;;/h1-5H,(H2,9,11);2*1H. The third-order valence-corrected chi connectivity index (χ3v) is 1.47. The molecule has 1 heterocycles. The Morgan fingerprint density at radius 2 is 1.62 bits per heavy atom. The number of nitrogens with two attached hydrogens (primary N) is 1. The number of hydrogen-bond acceptors (Lipinski definition) is 3. The van der Waals surface area contributed by atoms with Gasteiger partial charge in [0, 0.05) is 0 Å². The number of halogens is 2. The van der Waals surface area contributed by atoms with Crippen molar-refractivity contribution >= 4 is 41.7 Å². The SMILES string of the molecule is Cl.Cl.Nc1cnc2ccccc2n1. The summed E-state index contributed by atoms with van der Waals surface area (Å²) in [5.41, 5.74) is 7.17. The van der Waals surface area contributed by atoms with Gasteiger partial charge in [0.15, 0.2) is 0 Å². The van der Waals surface area contributed by atoms with Gasteiger partial charge < -0.3 is 5.73 Å². The number of benzene rings is 1. The Labute approximate surface area is 88.2 Å². The first-order chi connectivity index (χ1) is 5.36. The monoisotopic (exact) mass is 217 g/mol. The fourth-order valence-electron chi connectivity index (χ4n) is 0.972. The second kappa shape index (κ2) is 4.84. The number of para-hydroxylation sites is 2. The van der Waals surface area contributed by atoms with Crippen LogP contribution in [0.5, 0.6) is 0 Å². The highest BCUT2D eigenvalue weighted by atomic mass is 35.5. The fourth-order valence-corrected chi connectivity index (χ4v) is 0.972. The van der Waals surface area contributed by atoms with Gasteiger partial charge in [0.25, 0.3) is 0 Å². The highest BCUT2D eigenvalue weighted by Gasteiger charge is 1.92. The van der Waals surface area contributed by atoms with Crippen LogP contribution >= 0.6 is 24.8 Å². The number of aromatic nitrogens is 2. The van der Waals surface area contributed by atoms with Crippen molar-refractivity contribution in [1.82, 2.24) is 9.97 Å². The molecule has 0 saturated carbocycles. The van der Waals surface area contributed by atoms with Crippen LogP contribution in [0, 0.1) is 0 Å². The highest BCUT2D eigenvalue weighted by Crippen LogP contribution is 2.08. The molecule has 1 aromatic carbocycles. The van der Waals surface area contributed by atoms with Gasteiger partial charge in [-0.25, -0.2) is 4.98 Å². The molecule has 2 aromatic rings. The zero-order valence-electron chi connectivity index (χ0n) is 6.68. The minimum atomic E-state index is 0. The van der Waals surface area contributed by atoms with Crippen LogP contribution in [0.25, 0.3) is 11.0 Å². The molecule has 0 aliphatic heterocycles. The first kappa shape index (κ1) is 11.9. The molecule has 0 amide bonds. The number of nitrogen functional groups attached to an aromatic ring is 1. The van der Waals surface area contributed by atoms with E-state index in [-0.39, 0.29) is 24.8 Å². The van der Waals surface area contributed by atoms with Crippen LogP contribution in [0.3, 0.4) is 0 Å². The Kier molecular flexibility index (Phi) is 4.45. The van der Waals surface area contributed by atoms with E-state index in [0.29, 0.717) is 5.82 Å². The van der Waals surface area contributed by atoms with Crippen LogP contribution in [0.1, 0.15) is 0 Å². The molecule has 5 heteroatoms. The van der Waals surface area contributed by atoms with E-state index in [9.17, 15) is 0 Å². The van der Waals surface area contributed by atoms with Gasteiger partial charge in [0.05, 0.1) is 17.2 Å². The molecule has 2 N–H and O–H groups in total. The Bertz CT molecular complexity index is 392. The molecule has 70 valence electrons. The maximum absolute atomic E-state index is 5.45. The molecule has 0 atom stereocenters. The molecule has 2 rings (SSSR count). The van der Waals surface area contributed by atoms with Crippen LogP contribution in [-0.4, -0.2) is 9.97 Å². The average molecular weight is 218 g/mol. The molecule has 3 nitrogen and oxygen atoms in total. The van der Waals surface area contributed by atoms with Gasteiger partial charge in [0.1, 0.15) is 5.82 Å². The third kappa shape index (κ3) is 2.44. The zero-order valence-corrected chi connectivity index (χ0v) is 8.31. The number of hydrogen-bond donors (Lipinski definition) is 1. The second-order valence-corrected chi connectivity index (χ2v) is 2.28. The summed E-state index contributed by atoms with van der Waals surface area (Å²) in [5, 5.41) is 0. The maximum Gasteiger partial charge on any atom is 0.142 e. The van der Waals surface area contributed by atoms with E-state index in [4.69, 9.17) is 5.73 Å². The van der Waals surface area contributed by atoms with E-state index >= 15 is 0 Å². The van der Waals surface area contributed by atoms with Gasteiger partial charge in [-0.3, -0.25) is 4.98 Å². The lowest BCUT2D eigenvalue weighted by molar-refractivity contribution is 1.30. The van der Waals surface area contributed by atoms with Gasteiger partial charge in [-0.1, -0.05) is 12.1 Å². The third-order valence-electron chi connectivity index (χ3n) is 1.47. The van der Waals surface area contributed by atoms with E-state index < -0.39 is 0 Å². The summed E-state index contributed by atoms with van der Waals surface area (Å²) < 4.78 is 0. The Hall–Kier alpha value is -1.06. The number of fused-ring (bicyclic) bond motifs is 1. The highest BCUT2D eigenvalue weighted by molar-refractivity contribution is 5.85. The molecule has 1 aromatic heterocycles. The van der Waals surface area contributed by atoms with Crippen LogP contribution in [0.4, 0.5) is 5.82 Å². The smallest absolute Gasteiger partial charge is 0.142 e. The number of nitrogens with zero attached hydrogens (tertiary/aromatic N) is 2. The quantitative estimate of drug-likeness (QED) is 0.736. The van der Waals surface area contributed by atoms with Gasteiger partial charge in [-0.15, -0.1) is 24.8 Å². The number of anilines is 1. The molecule has 0 radical (unpaired) electrons. The van der Waals surface area contributed by atoms with Gasteiger partial charge >= 0.3 is 0 Å². The first-order valence-electron chi connectivity index (χ1n) is 3.33. The fraction of sp³-hybridized carbons (Fsp3) is 0. The lowest BCUT2D eigenvalue weighted by Gasteiger charge is -1.94. The summed E-state index contributed by atoms with van der Waals surface area (Å²) in [7, 11) is 0. The van der Waals surface area contributed by atoms with Crippen molar-refractivity contribution in [2.24, 2.45) is 0 Å². The molecule has 0 spiro atoms.